The highest BCUT2D eigenvalue weighted by atomic mass is 31.2. The first-order chi connectivity index (χ1) is 7.85. The van der Waals surface area contributed by atoms with Gasteiger partial charge in [-0.3, -0.25) is 9.36 Å². The largest absolute Gasteiger partial charge is 0.466 e. The molecular weight excluding hydrogens is 251 g/mol. The SMILES string of the molecule is C=CC(=O)OCCCOC(=O)CCP(=O)(O)O. The molecule has 0 spiro atoms. The summed E-state index contributed by atoms with van der Waals surface area (Å²) in [5, 5.41) is 0. The molecule has 8 heteroatoms. The predicted octanol–water partition coefficient (Wildman–Crippen LogP) is 0.217. The van der Waals surface area contributed by atoms with Crippen LogP contribution in [0.4, 0.5) is 0 Å². The Morgan fingerprint density at radius 3 is 2.35 bits per heavy atom. The lowest BCUT2D eigenvalue weighted by Gasteiger charge is -2.05. The van der Waals surface area contributed by atoms with Crippen molar-refractivity contribution in [1.82, 2.24) is 0 Å². The van der Waals surface area contributed by atoms with Crippen LogP contribution < -0.4 is 0 Å². The van der Waals surface area contributed by atoms with E-state index in [1.54, 1.807) is 0 Å². The van der Waals surface area contributed by atoms with Gasteiger partial charge in [0.15, 0.2) is 0 Å². The molecule has 0 amide bonds. The molecule has 0 atom stereocenters. The number of carbonyl (C=O) groups is 2. The van der Waals surface area contributed by atoms with E-state index in [4.69, 9.17) is 9.79 Å². The molecule has 0 rings (SSSR count). The molecule has 0 saturated carbocycles. The van der Waals surface area contributed by atoms with Crippen molar-refractivity contribution in [3.63, 3.8) is 0 Å². The monoisotopic (exact) mass is 266 g/mol. The van der Waals surface area contributed by atoms with E-state index < -0.39 is 25.7 Å². The standard InChI is InChI=1S/C9H15O7P/c1-2-8(10)15-5-3-6-16-9(11)4-7-17(12,13)14/h2H,1,3-7H2,(H2,12,13,14). The van der Waals surface area contributed by atoms with Crippen molar-refractivity contribution < 1.29 is 33.4 Å². The third kappa shape index (κ3) is 11.1. The van der Waals surface area contributed by atoms with Gasteiger partial charge in [0.05, 0.1) is 25.8 Å². The van der Waals surface area contributed by atoms with E-state index in [-0.39, 0.29) is 19.6 Å². The van der Waals surface area contributed by atoms with Gasteiger partial charge in [-0.15, -0.1) is 0 Å². The third-order valence-corrected chi connectivity index (χ3v) is 2.38. The highest BCUT2D eigenvalue weighted by Gasteiger charge is 2.15. The van der Waals surface area contributed by atoms with Crippen LogP contribution in [0.2, 0.25) is 0 Å². The first-order valence-electron chi connectivity index (χ1n) is 4.84. The van der Waals surface area contributed by atoms with Crippen LogP contribution in [0.25, 0.3) is 0 Å². The summed E-state index contributed by atoms with van der Waals surface area (Å²) in [4.78, 5) is 38.5. The van der Waals surface area contributed by atoms with E-state index in [1.165, 1.54) is 0 Å². The Labute approximate surface area is 98.6 Å². The van der Waals surface area contributed by atoms with Gasteiger partial charge in [-0.05, 0) is 0 Å². The molecule has 0 bridgehead atoms. The molecule has 0 fully saturated rings. The van der Waals surface area contributed by atoms with Crippen LogP contribution in [0, 0.1) is 0 Å². The van der Waals surface area contributed by atoms with Gasteiger partial charge < -0.3 is 19.3 Å². The molecule has 0 aromatic carbocycles. The zero-order chi connectivity index (χ0) is 13.3. The lowest BCUT2D eigenvalue weighted by molar-refractivity contribution is -0.144. The van der Waals surface area contributed by atoms with Gasteiger partial charge in [-0.2, -0.15) is 0 Å². The second-order valence-electron chi connectivity index (χ2n) is 3.08. The molecule has 0 aromatic heterocycles. The molecular formula is C9H15O7P. The molecule has 0 aliphatic rings. The van der Waals surface area contributed by atoms with Crippen molar-refractivity contribution >= 4 is 19.5 Å². The molecule has 7 nitrogen and oxygen atoms in total. The van der Waals surface area contributed by atoms with Crippen molar-refractivity contribution in [1.29, 1.82) is 0 Å². The fourth-order valence-corrected chi connectivity index (χ4v) is 1.26. The highest BCUT2D eigenvalue weighted by Crippen LogP contribution is 2.34. The number of esters is 2. The van der Waals surface area contributed by atoms with E-state index in [0.29, 0.717) is 6.42 Å². The van der Waals surface area contributed by atoms with Crippen molar-refractivity contribution in [2.24, 2.45) is 0 Å². The molecule has 0 aliphatic carbocycles. The average Bonchev–Trinajstić information content (AvgIpc) is 2.24. The summed E-state index contributed by atoms with van der Waals surface area (Å²) in [6.07, 6.45) is 0.473. The van der Waals surface area contributed by atoms with E-state index in [0.717, 1.165) is 6.08 Å². The Bertz CT molecular complexity index is 319. The Kier molecular flexibility index (Phi) is 7.45. The third-order valence-electron chi connectivity index (χ3n) is 1.57. The minimum Gasteiger partial charge on any atom is -0.466 e. The van der Waals surface area contributed by atoms with Crippen LogP contribution in [0.1, 0.15) is 12.8 Å². The van der Waals surface area contributed by atoms with Gasteiger partial charge in [0.25, 0.3) is 0 Å². The van der Waals surface area contributed by atoms with Crippen molar-refractivity contribution in [3.8, 4) is 0 Å². The summed E-state index contributed by atoms with van der Waals surface area (Å²) in [6.45, 7) is 3.33. The lowest BCUT2D eigenvalue weighted by atomic mass is 10.4. The van der Waals surface area contributed by atoms with Gasteiger partial charge in [0, 0.05) is 12.5 Å². The van der Waals surface area contributed by atoms with Crippen molar-refractivity contribution in [3.05, 3.63) is 12.7 Å². The Hall–Kier alpha value is -1.17. The Balaban J connectivity index is 3.49. The minimum atomic E-state index is -4.16. The molecule has 0 heterocycles. The average molecular weight is 266 g/mol. The van der Waals surface area contributed by atoms with Crippen LogP contribution in [0.3, 0.4) is 0 Å². The van der Waals surface area contributed by atoms with E-state index in [1.807, 2.05) is 0 Å². The lowest BCUT2D eigenvalue weighted by Crippen LogP contribution is -2.10. The number of rotatable bonds is 8. The molecule has 0 unspecified atom stereocenters. The second kappa shape index (κ2) is 8.00. The van der Waals surface area contributed by atoms with E-state index in [9.17, 15) is 14.2 Å². The van der Waals surface area contributed by atoms with Gasteiger partial charge in [0.2, 0.25) is 0 Å². The Morgan fingerprint density at radius 2 is 1.82 bits per heavy atom. The summed E-state index contributed by atoms with van der Waals surface area (Å²) in [7, 11) is -4.16. The Morgan fingerprint density at radius 1 is 1.24 bits per heavy atom. The van der Waals surface area contributed by atoms with E-state index in [2.05, 4.69) is 16.1 Å². The summed E-state index contributed by atoms with van der Waals surface area (Å²) in [5.74, 6) is -1.25. The van der Waals surface area contributed by atoms with Gasteiger partial charge >= 0.3 is 19.5 Å². The first-order valence-corrected chi connectivity index (χ1v) is 6.64. The van der Waals surface area contributed by atoms with E-state index >= 15 is 0 Å². The highest BCUT2D eigenvalue weighted by molar-refractivity contribution is 7.51. The number of hydrogen-bond acceptors (Lipinski definition) is 5. The maximum Gasteiger partial charge on any atom is 0.330 e. The number of ether oxygens (including phenoxy) is 2. The summed E-state index contributed by atoms with van der Waals surface area (Å²) < 4.78 is 19.7. The first kappa shape index (κ1) is 15.8. The fourth-order valence-electron chi connectivity index (χ4n) is 0.786. The molecule has 2 N–H and O–H groups in total. The van der Waals surface area contributed by atoms with Crippen LogP contribution >= 0.6 is 7.60 Å². The molecule has 98 valence electrons. The molecule has 0 aliphatic heterocycles. The quantitative estimate of drug-likeness (QED) is 0.280. The summed E-state index contributed by atoms with van der Waals surface area (Å²) in [5.41, 5.74) is 0. The maximum atomic E-state index is 11.0. The van der Waals surface area contributed by atoms with Gasteiger partial charge in [-0.25, -0.2) is 4.79 Å². The van der Waals surface area contributed by atoms with Crippen molar-refractivity contribution in [2.75, 3.05) is 19.4 Å². The predicted molar refractivity (Wildman–Crippen MR) is 58.3 cm³/mol. The van der Waals surface area contributed by atoms with Gasteiger partial charge in [0.1, 0.15) is 0 Å². The summed E-state index contributed by atoms with van der Waals surface area (Å²) in [6, 6.07) is 0. The van der Waals surface area contributed by atoms with Crippen LogP contribution in [0.5, 0.6) is 0 Å². The second-order valence-corrected chi connectivity index (χ2v) is 4.86. The minimum absolute atomic E-state index is 0.0322. The normalized spacial score (nSPS) is 10.7. The number of hydrogen-bond donors (Lipinski definition) is 2. The molecule has 0 radical (unpaired) electrons. The van der Waals surface area contributed by atoms with Crippen LogP contribution in [-0.2, 0) is 23.6 Å². The maximum absolute atomic E-state index is 11.0. The zero-order valence-corrected chi connectivity index (χ0v) is 10.1. The molecule has 0 aromatic rings. The van der Waals surface area contributed by atoms with Crippen molar-refractivity contribution in [2.45, 2.75) is 12.8 Å². The summed E-state index contributed by atoms with van der Waals surface area (Å²) >= 11 is 0. The fraction of sp³-hybridized carbons (Fsp3) is 0.556. The topological polar surface area (TPSA) is 110 Å². The van der Waals surface area contributed by atoms with Gasteiger partial charge in [-0.1, -0.05) is 6.58 Å². The zero-order valence-electron chi connectivity index (χ0n) is 9.20. The smallest absolute Gasteiger partial charge is 0.330 e. The number of carbonyl (C=O) groups excluding carboxylic acids is 2. The van der Waals surface area contributed by atoms with Crippen LogP contribution in [-0.4, -0.2) is 41.1 Å². The molecule has 17 heavy (non-hydrogen) atoms. The molecule has 0 saturated heterocycles. The van der Waals surface area contributed by atoms with Crippen LogP contribution in [0.15, 0.2) is 12.7 Å².